The number of likely N-dealkylation sites (tertiary alicyclic amines) is 1. The van der Waals surface area contributed by atoms with Gasteiger partial charge >= 0.3 is 6.18 Å². The summed E-state index contributed by atoms with van der Waals surface area (Å²) in [5, 5.41) is 3.80. The first-order valence-corrected chi connectivity index (χ1v) is 11.1. The van der Waals surface area contributed by atoms with E-state index in [-0.39, 0.29) is 24.8 Å². The van der Waals surface area contributed by atoms with E-state index in [9.17, 15) is 22.8 Å². The van der Waals surface area contributed by atoms with Gasteiger partial charge in [0.25, 0.3) is 5.91 Å². The number of carbonyl (C=O) groups is 2. The maximum Gasteiger partial charge on any atom is 0.433 e. The van der Waals surface area contributed by atoms with E-state index in [1.165, 1.54) is 10.5 Å². The predicted molar refractivity (Wildman–Crippen MR) is 116 cm³/mol. The number of nitrogens with zero attached hydrogens (tertiary/aromatic N) is 3. The van der Waals surface area contributed by atoms with Crippen molar-refractivity contribution in [3.63, 3.8) is 0 Å². The molecule has 0 unspecified atom stereocenters. The van der Waals surface area contributed by atoms with E-state index in [1.54, 1.807) is 13.8 Å². The van der Waals surface area contributed by atoms with Gasteiger partial charge < -0.3 is 4.90 Å². The molecule has 0 radical (unpaired) electrons. The zero-order valence-electron chi connectivity index (χ0n) is 18.9. The number of Topliss-reactive ketones (excluding diaryl/α,β-unsaturated/α-hetero) is 1. The summed E-state index contributed by atoms with van der Waals surface area (Å²) < 4.78 is 41.7. The Balaban J connectivity index is 1.67. The molecule has 0 bridgehead atoms. The van der Waals surface area contributed by atoms with Gasteiger partial charge in [-0.25, -0.2) is 0 Å². The van der Waals surface area contributed by atoms with Crippen molar-refractivity contribution < 1.29 is 22.8 Å². The van der Waals surface area contributed by atoms with Gasteiger partial charge in [0.05, 0.1) is 11.8 Å². The summed E-state index contributed by atoms with van der Waals surface area (Å²) in [6.07, 6.45) is -1.87. The molecule has 0 saturated carbocycles. The highest BCUT2D eigenvalue weighted by Gasteiger charge is 2.42. The fourth-order valence-electron chi connectivity index (χ4n) is 4.22. The maximum absolute atomic E-state index is 13.6. The summed E-state index contributed by atoms with van der Waals surface area (Å²) in [5.41, 5.74) is 0.369. The van der Waals surface area contributed by atoms with Crippen LogP contribution in [-0.4, -0.2) is 39.5 Å². The Hall–Kier alpha value is -2.64. The van der Waals surface area contributed by atoms with E-state index < -0.39 is 29.4 Å². The summed E-state index contributed by atoms with van der Waals surface area (Å²) in [5.74, 6) is -0.371. The highest BCUT2D eigenvalue weighted by molar-refractivity contribution is 5.98. The summed E-state index contributed by atoms with van der Waals surface area (Å²) in [6.45, 7) is 7.93. The molecule has 0 spiro atoms. The van der Waals surface area contributed by atoms with Crippen molar-refractivity contribution in [2.24, 2.45) is 11.8 Å². The molecule has 1 aliphatic heterocycles. The van der Waals surface area contributed by atoms with Crippen LogP contribution in [0.2, 0.25) is 0 Å². The molecule has 5 nitrogen and oxygen atoms in total. The van der Waals surface area contributed by atoms with Crippen LogP contribution in [0.25, 0.3) is 0 Å². The number of hydrogen-bond donors (Lipinski definition) is 0. The van der Waals surface area contributed by atoms with E-state index in [4.69, 9.17) is 0 Å². The smallest absolute Gasteiger partial charge is 0.338 e. The minimum Gasteiger partial charge on any atom is -0.338 e. The van der Waals surface area contributed by atoms with Crippen molar-refractivity contribution in [2.75, 3.05) is 13.1 Å². The van der Waals surface area contributed by atoms with Crippen LogP contribution < -0.4 is 0 Å². The second-order valence-electron chi connectivity index (χ2n) is 9.17. The van der Waals surface area contributed by atoms with Crippen molar-refractivity contribution in [1.82, 2.24) is 14.7 Å². The summed E-state index contributed by atoms with van der Waals surface area (Å²) in [7, 11) is 0. The monoisotopic (exact) mass is 449 g/mol. The zero-order chi connectivity index (χ0) is 23.6. The Morgan fingerprint density at radius 3 is 2.16 bits per heavy atom. The second kappa shape index (κ2) is 9.46. The Bertz CT molecular complexity index is 954. The third-order valence-electron chi connectivity index (χ3n) is 5.82. The van der Waals surface area contributed by atoms with Crippen LogP contribution >= 0.6 is 0 Å². The largest absolute Gasteiger partial charge is 0.433 e. The van der Waals surface area contributed by atoms with Crippen LogP contribution in [0, 0.1) is 11.8 Å². The van der Waals surface area contributed by atoms with E-state index in [0.29, 0.717) is 24.3 Å². The molecule has 1 saturated heterocycles. The summed E-state index contributed by atoms with van der Waals surface area (Å²) in [6, 6.07) is 7.10. The Labute approximate surface area is 186 Å². The van der Waals surface area contributed by atoms with Crippen LogP contribution in [0.4, 0.5) is 13.2 Å². The molecular weight excluding hydrogens is 419 g/mol. The molecule has 2 aromatic rings. The molecule has 3 rings (SSSR count). The van der Waals surface area contributed by atoms with E-state index in [0.717, 1.165) is 17.3 Å². The molecule has 0 atom stereocenters. The van der Waals surface area contributed by atoms with Crippen LogP contribution in [-0.2, 0) is 12.6 Å². The quantitative estimate of drug-likeness (QED) is 0.554. The minimum atomic E-state index is -4.68. The van der Waals surface area contributed by atoms with Crippen LogP contribution in [0.1, 0.15) is 78.6 Å². The molecule has 1 amide bonds. The topological polar surface area (TPSA) is 55.2 Å². The van der Waals surface area contributed by atoms with Crippen LogP contribution in [0.5, 0.6) is 0 Å². The number of rotatable bonds is 6. The van der Waals surface area contributed by atoms with Gasteiger partial charge in [0.15, 0.2) is 11.5 Å². The summed E-state index contributed by atoms with van der Waals surface area (Å²) >= 11 is 0. The lowest BCUT2D eigenvalue weighted by Gasteiger charge is -2.31. The molecule has 2 heterocycles. The molecule has 32 heavy (non-hydrogen) atoms. The number of aromatic nitrogens is 2. The third kappa shape index (κ3) is 5.22. The fourth-order valence-corrected chi connectivity index (χ4v) is 4.22. The first kappa shape index (κ1) is 24.0. The molecule has 1 aliphatic rings. The second-order valence-corrected chi connectivity index (χ2v) is 9.17. The van der Waals surface area contributed by atoms with E-state index in [2.05, 4.69) is 18.9 Å². The summed E-state index contributed by atoms with van der Waals surface area (Å²) in [4.78, 5) is 27.1. The number of benzene rings is 1. The highest BCUT2D eigenvalue weighted by Crippen LogP contribution is 2.34. The molecule has 1 fully saturated rings. The number of amides is 1. The fraction of sp³-hybridized carbons (Fsp3) is 0.542. The van der Waals surface area contributed by atoms with Gasteiger partial charge in [-0.15, -0.1) is 0 Å². The van der Waals surface area contributed by atoms with Gasteiger partial charge in [-0.2, -0.15) is 18.3 Å². The van der Waals surface area contributed by atoms with Crippen molar-refractivity contribution in [3.05, 3.63) is 52.8 Å². The lowest BCUT2D eigenvalue weighted by Crippen LogP contribution is -2.41. The van der Waals surface area contributed by atoms with Crippen molar-refractivity contribution in [1.29, 1.82) is 0 Å². The third-order valence-corrected chi connectivity index (χ3v) is 5.82. The zero-order valence-corrected chi connectivity index (χ0v) is 18.9. The number of halogens is 3. The number of piperidine rings is 1. The van der Waals surface area contributed by atoms with E-state index >= 15 is 0 Å². The molecule has 8 heteroatoms. The predicted octanol–water partition coefficient (Wildman–Crippen LogP) is 5.42. The molecule has 1 aromatic heterocycles. The minimum absolute atomic E-state index is 0.0248. The van der Waals surface area contributed by atoms with Crippen LogP contribution in [0.15, 0.2) is 30.5 Å². The van der Waals surface area contributed by atoms with E-state index in [1.807, 2.05) is 24.3 Å². The molecular formula is C24H30F3N3O2. The number of ketones is 1. The first-order valence-electron chi connectivity index (χ1n) is 11.1. The number of carbonyl (C=O) groups excluding carboxylic acids is 2. The lowest BCUT2D eigenvalue weighted by atomic mass is 9.88. The van der Waals surface area contributed by atoms with Crippen molar-refractivity contribution in [3.8, 4) is 0 Å². The highest BCUT2D eigenvalue weighted by atomic mass is 19.4. The molecule has 0 N–H and O–H groups in total. The van der Waals surface area contributed by atoms with Crippen LogP contribution in [0.3, 0.4) is 0 Å². The lowest BCUT2D eigenvalue weighted by molar-refractivity contribution is -0.145. The Morgan fingerprint density at radius 1 is 1.06 bits per heavy atom. The maximum atomic E-state index is 13.6. The SMILES string of the molecule is CC(C)Cc1ccc(C(=O)C2CCN(C(=O)c3cnn(C(C)C)c3C(F)(F)F)CC2)cc1. The standard InChI is InChI=1S/C24H30F3N3O2/c1-15(2)13-17-5-7-18(8-6-17)21(31)19-9-11-29(12-10-19)23(32)20-14-28-30(16(3)4)22(20)24(25,26)27/h5-8,14-16,19H,9-13H2,1-4H3. The van der Waals surface area contributed by atoms with Gasteiger partial charge in [-0.3, -0.25) is 14.3 Å². The van der Waals surface area contributed by atoms with Crippen molar-refractivity contribution >= 4 is 11.7 Å². The van der Waals surface area contributed by atoms with Gasteiger partial charge in [-0.05, 0) is 44.6 Å². The normalized spacial score (nSPS) is 15.6. The van der Waals surface area contributed by atoms with Gasteiger partial charge in [0.2, 0.25) is 0 Å². The molecule has 174 valence electrons. The Morgan fingerprint density at radius 2 is 1.66 bits per heavy atom. The van der Waals surface area contributed by atoms with Gasteiger partial charge in [0, 0.05) is 30.6 Å². The average molecular weight is 450 g/mol. The Kier molecular flexibility index (Phi) is 7.10. The van der Waals surface area contributed by atoms with Gasteiger partial charge in [0.1, 0.15) is 0 Å². The first-order chi connectivity index (χ1) is 15.0. The average Bonchev–Trinajstić information content (AvgIpc) is 3.19. The molecule has 1 aromatic carbocycles. The number of hydrogen-bond acceptors (Lipinski definition) is 3. The number of alkyl halides is 3. The van der Waals surface area contributed by atoms with Crippen molar-refractivity contribution in [2.45, 2.75) is 59.2 Å². The molecule has 0 aliphatic carbocycles. The van der Waals surface area contributed by atoms with Gasteiger partial charge in [-0.1, -0.05) is 38.1 Å².